The second-order valence-electron chi connectivity index (χ2n) is 6.88. The number of nitrogens with one attached hydrogen (secondary N) is 1. The summed E-state index contributed by atoms with van der Waals surface area (Å²) in [6, 6.07) is 4.35. The van der Waals surface area contributed by atoms with Gasteiger partial charge in [0.15, 0.2) is 17.6 Å². The summed E-state index contributed by atoms with van der Waals surface area (Å²) in [5.41, 5.74) is 0. The van der Waals surface area contributed by atoms with Gasteiger partial charge >= 0.3 is 5.97 Å². The third-order valence-corrected chi connectivity index (χ3v) is 6.09. The third-order valence-electron chi connectivity index (χ3n) is 4.63. The minimum absolute atomic E-state index is 0.0102. The molecular weight excluding hydrogens is 416 g/mol. The monoisotopic (exact) mass is 442 g/mol. The molecule has 10 nitrogen and oxygen atoms in total. The first-order chi connectivity index (χ1) is 14.4. The number of sulfonamides is 1. The van der Waals surface area contributed by atoms with Gasteiger partial charge in [-0.1, -0.05) is 0 Å². The average molecular weight is 442 g/mol. The molecule has 0 radical (unpaired) electrons. The second-order valence-corrected chi connectivity index (χ2v) is 8.64. The molecule has 3 rings (SSSR count). The van der Waals surface area contributed by atoms with Crippen LogP contribution in [0.2, 0.25) is 0 Å². The van der Waals surface area contributed by atoms with Gasteiger partial charge in [0.1, 0.15) is 0 Å². The Balaban J connectivity index is 1.48. The Morgan fingerprint density at radius 3 is 2.57 bits per heavy atom. The fourth-order valence-electron chi connectivity index (χ4n) is 3.03. The standard InChI is InChI=1S/C19H26N2O8S/c1-14(19(23)21-7-11-26-12-8-21)29-18(22)5-6-20-30(24,25)15-3-4-16-17(13-15)28-10-2-9-27-16/h3-4,13-14,20H,2,5-12H2,1H3/t14-/m0/s1. The average Bonchev–Trinajstić information content (AvgIpc) is 2.98. The van der Waals surface area contributed by atoms with Crippen LogP contribution in [-0.4, -0.2) is 77.4 Å². The molecule has 1 saturated heterocycles. The van der Waals surface area contributed by atoms with E-state index < -0.39 is 22.1 Å². The first-order valence-corrected chi connectivity index (χ1v) is 11.3. The Bertz CT molecular complexity index is 867. The SMILES string of the molecule is C[C@H](OC(=O)CCNS(=O)(=O)c1ccc2c(c1)OCCCO2)C(=O)N1CCOCC1. The molecule has 1 amide bonds. The number of hydrogen-bond acceptors (Lipinski definition) is 8. The lowest BCUT2D eigenvalue weighted by Crippen LogP contribution is -2.46. The molecule has 0 spiro atoms. The number of benzene rings is 1. The molecule has 11 heteroatoms. The van der Waals surface area contributed by atoms with Gasteiger partial charge in [0, 0.05) is 32.1 Å². The maximum atomic E-state index is 12.5. The summed E-state index contributed by atoms with van der Waals surface area (Å²) in [4.78, 5) is 25.8. The zero-order valence-electron chi connectivity index (χ0n) is 16.8. The Labute approximate surface area is 175 Å². The van der Waals surface area contributed by atoms with Gasteiger partial charge < -0.3 is 23.8 Å². The van der Waals surface area contributed by atoms with Crippen LogP contribution in [0.1, 0.15) is 19.8 Å². The van der Waals surface area contributed by atoms with Gasteiger partial charge in [0.25, 0.3) is 5.91 Å². The van der Waals surface area contributed by atoms with E-state index in [2.05, 4.69) is 4.72 Å². The molecule has 1 aromatic rings. The number of nitrogens with zero attached hydrogens (tertiary/aromatic N) is 1. The van der Waals surface area contributed by atoms with E-state index in [1.54, 1.807) is 11.0 Å². The van der Waals surface area contributed by atoms with Crippen molar-refractivity contribution in [1.29, 1.82) is 0 Å². The molecular formula is C19H26N2O8S. The van der Waals surface area contributed by atoms with Crippen LogP contribution in [0.5, 0.6) is 11.5 Å². The van der Waals surface area contributed by atoms with E-state index in [1.165, 1.54) is 19.1 Å². The van der Waals surface area contributed by atoms with E-state index in [4.69, 9.17) is 18.9 Å². The Morgan fingerprint density at radius 1 is 1.13 bits per heavy atom. The summed E-state index contributed by atoms with van der Waals surface area (Å²) in [5, 5.41) is 0. The molecule has 0 unspecified atom stereocenters. The van der Waals surface area contributed by atoms with Crippen molar-refractivity contribution in [2.75, 3.05) is 46.1 Å². The molecule has 166 valence electrons. The van der Waals surface area contributed by atoms with Crippen molar-refractivity contribution in [3.8, 4) is 11.5 Å². The Hall–Kier alpha value is -2.37. The van der Waals surface area contributed by atoms with Crippen molar-refractivity contribution in [1.82, 2.24) is 9.62 Å². The summed E-state index contributed by atoms with van der Waals surface area (Å²) in [7, 11) is -3.85. The molecule has 0 bridgehead atoms. The number of carbonyl (C=O) groups is 2. The van der Waals surface area contributed by atoms with Gasteiger partial charge in [-0.05, 0) is 19.1 Å². The molecule has 0 saturated carbocycles. The van der Waals surface area contributed by atoms with Gasteiger partial charge in [-0.3, -0.25) is 9.59 Å². The van der Waals surface area contributed by atoms with Crippen molar-refractivity contribution >= 4 is 21.9 Å². The molecule has 1 N–H and O–H groups in total. The van der Waals surface area contributed by atoms with E-state index in [1.807, 2.05) is 0 Å². The number of amides is 1. The lowest BCUT2D eigenvalue weighted by atomic mass is 10.3. The van der Waals surface area contributed by atoms with E-state index in [0.29, 0.717) is 57.4 Å². The summed E-state index contributed by atoms with van der Waals surface area (Å²) < 4.78 is 48.7. The molecule has 1 aromatic carbocycles. The fraction of sp³-hybridized carbons (Fsp3) is 0.579. The van der Waals surface area contributed by atoms with E-state index in [0.717, 1.165) is 0 Å². The first kappa shape index (κ1) is 22.3. The zero-order valence-corrected chi connectivity index (χ0v) is 17.6. The molecule has 1 fully saturated rings. The van der Waals surface area contributed by atoms with Crippen LogP contribution in [0.25, 0.3) is 0 Å². The quantitative estimate of drug-likeness (QED) is 0.599. The van der Waals surface area contributed by atoms with Crippen molar-refractivity contribution < 1.29 is 37.0 Å². The molecule has 1 atom stereocenters. The number of carbonyl (C=O) groups excluding carboxylic acids is 2. The van der Waals surface area contributed by atoms with Crippen LogP contribution in [0, 0.1) is 0 Å². The van der Waals surface area contributed by atoms with E-state index in [9.17, 15) is 18.0 Å². The lowest BCUT2D eigenvalue weighted by molar-refractivity contribution is -0.160. The molecule has 2 heterocycles. The highest BCUT2D eigenvalue weighted by molar-refractivity contribution is 7.89. The largest absolute Gasteiger partial charge is 0.490 e. The summed E-state index contributed by atoms with van der Waals surface area (Å²) >= 11 is 0. The minimum Gasteiger partial charge on any atom is -0.490 e. The van der Waals surface area contributed by atoms with Gasteiger partial charge in [-0.2, -0.15) is 0 Å². The number of hydrogen-bond donors (Lipinski definition) is 1. The van der Waals surface area contributed by atoms with Gasteiger partial charge in [-0.15, -0.1) is 0 Å². The summed E-state index contributed by atoms with van der Waals surface area (Å²) in [5.74, 6) is -0.0934. The minimum atomic E-state index is -3.85. The molecule has 2 aliphatic rings. The number of fused-ring (bicyclic) bond motifs is 1. The maximum absolute atomic E-state index is 12.5. The molecule has 30 heavy (non-hydrogen) atoms. The van der Waals surface area contributed by atoms with Gasteiger partial charge in [0.05, 0.1) is 37.7 Å². The van der Waals surface area contributed by atoms with Crippen LogP contribution in [-0.2, 0) is 29.1 Å². The topological polar surface area (TPSA) is 120 Å². The van der Waals surface area contributed by atoms with Crippen LogP contribution in [0.15, 0.2) is 23.1 Å². The van der Waals surface area contributed by atoms with Gasteiger partial charge in [-0.25, -0.2) is 13.1 Å². The fourth-order valence-corrected chi connectivity index (χ4v) is 4.08. The van der Waals surface area contributed by atoms with Crippen molar-refractivity contribution in [3.05, 3.63) is 18.2 Å². The van der Waals surface area contributed by atoms with Crippen LogP contribution >= 0.6 is 0 Å². The van der Waals surface area contributed by atoms with Crippen LogP contribution in [0.3, 0.4) is 0 Å². The third kappa shape index (κ3) is 5.83. The Morgan fingerprint density at radius 2 is 1.83 bits per heavy atom. The van der Waals surface area contributed by atoms with Crippen LogP contribution in [0.4, 0.5) is 0 Å². The predicted molar refractivity (Wildman–Crippen MR) is 105 cm³/mol. The number of rotatable bonds is 7. The van der Waals surface area contributed by atoms with Crippen molar-refractivity contribution in [2.45, 2.75) is 30.8 Å². The van der Waals surface area contributed by atoms with E-state index in [-0.39, 0.29) is 23.8 Å². The van der Waals surface area contributed by atoms with Crippen LogP contribution < -0.4 is 14.2 Å². The molecule has 0 aromatic heterocycles. The van der Waals surface area contributed by atoms with E-state index >= 15 is 0 Å². The van der Waals surface area contributed by atoms with Gasteiger partial charge in [0.2, 0.25) is 10.0 Å². The number of esters is 1. The number of morpholine rings is 1. The summed E-state index contributed by atoms with van der Waals surface area (Å²) in [6.45, 7) is 4.10. The highest BCUT2D eigenvalue weighted by atomic mass is 32.2. The highest BCUT2D eigenvalue weighted by Gasteiger charge is 2.25. The highest BCUT2D eigenvalue weighted by Crippen LogP contribution is 2.31. The maximum Gasteiger partial charge on any atom is 0.307 e. The molecule has 0 aliphatic carbocycles. The predicted octanol–water partition coefficient (Wildman–Crippen LogP) is 0.307. The smallest absolute Gasteiger partial charge is 0.307 e. The summed E-state index contributed by atoms with van der Waals surface area (Å²) in [6.07, 6.45) is -0.428. The molecule has 2 aliphatic heterocycles. The first-order valence-electron chi connectivity index (χ1n) is 9.82. The normalized spacial score (nSPS) is 17.7. The van der Waals surface area contributed by atoms with Crippen molar-refractivity contribution in [2.24, 2.45) is 0 Å². The lowest BCUT2D eigenvalue weighted by Gasteiger charge is -2.28. The Kier molecular flexibility index (Phi) is 7.51. The second kappa shape index (κ2) is 10.1. The van der Waals surface area contributed by atoms with Crippen molar-refractivity contribution in [3.63, 3.8) is 0 Å². The zero-order chi connectivity index (χ0) is 21.6. The number of ether oxygens (including phenoxy) is 4.